The Kier molecular flexibility index (Phi) is 5.09. The Bertz CT molecular complexity index is 490. The molecule has 0 radical (unpaired) electrons. The van der Waals surface area contributed by atoms with E-state index in [2.05, 4.69) is 20.7 Å². The average Bonchev–Trinajstić information content (AvgIpc) is 2.21. The summed E-state index contributed by atoms with van der Waals surface area (Å²) in [5.41, 5.74) is 0. The number of sulfonamides is 1. The van der Waals surface area contributed by atoms with E-state index in [0.717, 1.165) is 18.9 Å². The Labute approximate surface area is 110 Å². The number of hydrogen-bond acceptors (Lipinski definition) is 2. The fraction of sp³-hybridized carbons (Fsp3) is 0.455. The van der Waals surface area contributed by atoms with Crippen LogP contribution in [0, 0.1) is 5.82 Å². The summed E-state index contributed by atoms with van der Waals surface area (Å²) in [6, 6.07) is 3.60. The van der Waals surface area contributed by atoms with Crippen molar-refractivity contribution >= 4 is 26.0 Å². The van der Waals surface area contributed by atoms with Crippen molar-refractivity contribution in [2.45, 2.75) is 37.6 Å². The molecule has 96 valence electrons. The fourth-order valence-electron chi connectivity index (χ4n) is 1.47. The van der Waals surface area contributed by atoms with Gasteiger partial charge in [0.05, 0.1) is 9.37 Å². The van der Waals surface area contributed by atoms with Crippen LogP contribution in [0.4, 0.5) is 4.39 Å². The van der Waals surface area contributed by atoms with Crippen molar-refractivity contribution in [3.63, 3.8) is 0 Å². The molecule has 1 aromatic carbocycles. The molecule has 1 aromatic rings. The number of halogens is 2. The maximum Gasteiger partial charge on any atom is 0.240 e. The highest BCUT2D eigenvalue weighted by atomic mass is 79.9. The number of rotatable bonds is 5. The molecule has 0 amide bonds. The highest BCUT2D eigenvalue weighted by molar-refractivity contribution is 9.10. The van der Waals surface area contributed by atoms with E-state index in [4.69, 9.17) is 0 Å². The van der Waals surface area contributed by atoms with Crippen molar-refractivity contribution in [1.29, 1.82) is 0 Å². The summed E-state index contributed by atoms with van der Waals surface area (Å²) < 4.78 is 39.8. The predicted octanol–water partition coefficient (Wildman–Crippen LogP) is 3.06. The first-order valence-electron chi connectivity index (χ1n) is 5.34. The van der Waals surface area contributed by atoms with E-state index in [1.165, 1.54) is 12.1 Å². The topological polar surface area (TPSA) is 46.2 Å². The van der Waals surface area contributed by atoms with Crippen LogP contribution in [0.25, 0.3) is 0 Å². The standard InChI is InChI=1S/C11H15BrFNO2S/c1-3-4-8(2)14-17(15,16)9-5-6-10(12)11(13)7-9/h5-8,14H,3-4H2,1-2H3. The number of hydrogen-bond donors (Lipinski definition) is 1. The van der Waals surface area contributed by atoms with E-state index in [1.807, 2.05) is 6.92 Å². The molecule has 0 bridgehead atoms. The summed E-state index contributed by atoms with van der Waals surface area (Å²) in [6.07, 6.45) is 1.64. The molecular formula is C11H15BrFNO2S. The number of benzene rings is 1. The molecule has 0 aliphatic heterocycles. The van der Waals surface area contributed by atoms with Crippen molar-refractivity contribution in [3.8, 4) is 0 Å². The molecule has 0 aliphatic rings. The van der Waals surface area contributed by atoms with Gasteiger partial charge in [0.1, 0.15) is 5.82 Å². The molecule has 3 nitrogen and oxygen atoms in total. The second-order valence-electron chi connectivity index (χ2n) is 3.89. The van der Waals surface area contributed by atoms with Crippen molar-refractivity contribution in [1.82, 2.24) is 4.72 Å². The van der Waals surface area contributed by atoms with Crippen LogP contribution in [-0.4, -0.2) is 14.5 Å². The van der Waals surface area contributed by atoms with E-state index in [9.17, 15) is 12.8 Å². The maximum absolute atomic E-state index is 13.3. The van der Waals surface area contributed by atoms with Crippen LogP contribution < -0.4 is 4.72 Å². The van der Waals surface area contributed by atoms with Gasteiger partial charge in [-0.1, -0.05) is 13.3 Å². The molecule has 1 unspecified atom stereocenters. The summed E-state index contributed by atoms with van der Waals surface area (Å²) >= 11 is 2.98. The summed E-state index contributed by atoms with van der Waals surface area (Å²) in [5.74, 6) is -0.587. The van der Waals surface area contributed by atoms with Crippen molar-refractivity contribution in [2.75, 3.05) is 0 Å². The molecule has 1 N–H and O–H groups in total. The minimum Gasteiger partial charge on any atom is -0.208 e. The van der Waals surface area contributed by atoms with Gasteiger partial charge in [0.25, 0.3) is 0 Å². The number of nitrogens with one attached hydrogen (secondary N) is 1. The predicted molar refractivity (Wildman–Crippen MR) is 68.8 cm³/mol. The quantitative estimate of drug-likeness (QED) is 0.905. The van der Waals surface area contributed by atoms with Gasteiger partial charge in [-0.25, -0.2) is 17.5 Å². The largest absolute Gasteiger partial charge is 0.240 e. The van der Waals surface area contributed by atoms with E-state index in [1.54, 1.807) is 6.92 Å². The van der Waals surface area contributed by atoms with Gasteiger partial charge in [-0.05, 0) is 47.5 Å². The lowest BCUT2D eigenvalue weighted by Crippen LogP contribution is -2.32. The minimum absolute atomic E-state index is 0.0545. The van der Waals surface area contributed by atoms with Gasteiger partial charge in [-0.15, -0.1) is 0 Å². The van der Waals surface area contributed by atoms with Gasteiger partial charge >= 0.3 is 0 Å². The van der Waals surface area contributed by atoms with Crippen LogP contribution in [0.2, 0.25) is 0 Å². The summed E-state index contributed by atoms with van der Waals surface area (Å²) in [7, 11) is -3.63. The molecule has 0 aromatic heterocycles. The zero-order valence-corrected chi connectivity index (χ0v) is 12.1. The van der Waals surface area contributed by atoms with Crippen LogP contribution in [0.5, 0.6) is 0 Å². The van der Waals surface area contributed by atoms with E-state index >= 15 is 0 Å². The van der Waals surface area contributed by atoms with Crippen molar-refractivity contribution in [3.05, 3.63) is 28.5 Å². The van der Waals surface area contributed by atoms with Gasteiger partial charge < -0.3 is 0 Å². The molecule has 0 aliphatic carbocycles. The second-order valence-corrected chi connectivity index (χ2v) is 6.46. The smallest absolute Gasteiger partial charge is 0.208 e. The maximum atomic E-state index is 13.3. The Morgan fingerprint density at radius 1 is 1.47 bits per heavy atom. The third kappa shape index (κ3) is 4.04. The minimum atomic E-state index is -3.63. The van der Waals surface area contributed by atoms with Crippen LogP contribution >= 0.6 is 15.9 Å². The molecule has 0 saturated carbocycles. The van der Waals surface area contributed by atoms with E-state index in [-0.39, 0.29) is 15.4 Å². The highest BCUT2D eigenvalue weighted by Crippen LogP contribution is 2.19. The Morgan fingerprint density at radius 3 is 2.65 bits per heavy atom. The first kappa shape index (κ1) is 14.6. The zero-order valence-electron chi connectivity index (χ0n) is 9.70. The first-order chi connectivity index (χ1) is 7.86. The molecule has 1 atom stereocenters. The Hall–Kier alpha value is -0.460. The van der Waals surface area contributed by atoms with Crippen molar-refractivity contribution in [2.24, 2.45) is 0 Å². The SMILES string of the molecule is CCCC(C)NS(=O)(=O)c1ccc(Br)c(F)c1. The third-order valence-electron chi connectivity index (χ3n) is 2.28. The lowest BCUT2D eigenvalue weighted by molar-refractivity contribution is 0.542. The van der Waals surface area contributed by atoms with E-state index < -0.39 is 15.8 Å². The molecule has 0 fully saturated rings. The summed E-state index contributed by atoms with van der Waals surface area (Å²) in [5, 5.41) is 0. The molecular weight excluding hydrogens is 309 g/mol. The van der Waals surface area contributed by atoms with Gasteiger partial charge in [-0.2, -0.15) is 0 Å². The summed E-state index contributed by atoms with van der Waals surface area (Å²) in [4.78, 5) is -0.0545. The van der Waals surface area contributed by atoms with Gasteiger partial charge in [-0.3, -0.25) is 0 Å². The monoisotopic (exact) mass is 323 g/mol. The normalized spacial score (nSPS) is 13.6. The van der Waals surface area contributed by atoms with Gasteiger partial charge in [0.2, 0.25) is 10.0 Å². The van der Waals surface area contributed by atoms with Crippen LogP contribution in [0.3, 0.4) is 0 Å². The van der Waals surface area contributed by atoms with E-state index in [0.29, 0.717) is 0 Å². The van der Waals surface area contributed by atoms with Crippen molar-refractivity contribution < 1.29 is 12.8 Å². The van der Waals surface area contributed by atoms with Crippen LogP contribution in [-0.2, 0) is 10.0 Å². The van der Waals surface area contributed by atoms with Gasteiger partial charge in [0, 0.05) is 6.04 Å². The fourth-order valence-corrected chi connectivity index (χ4v) is 3.00. The lowest BCUT2D eigenvalue weighted by atomic mass is 10.2. The highest BCUT2D eigenvalue weighted by Gasteiger charge is 2.18. The second kappa shape index (κ2) is 5.93. The molecule has 17 heavy (non-hydrogen) atoms. The Morgan fingerprint density at radius 2 is 2.12 bits per heavy atom. The summed E-state index contributed by atoms with van der Waals surface area (Å²) in [6.45, 7) is 3.76. The van der Waals surface area contributed by atoms with Crippen LogP contribution in [0.1, 0.15) is 26.7 Å². The molecule has 0 spiro atoms. The first-order valence-corrected chi connectivity index (χ1v) is 7.62. The average molecular weight is 324 g/mol. The molecule has 0 heterocycles. The van der Waals surface area contributed by atoms with Crippen LogP contribution in [0.15, 0.2) is 27.6 Å². The van der Waals surface area contributed by atoms with Gasteiger partial charge in [0.15, 0.2) is 0 Å². The Balaban J connectivity index is 2.93. The zero-order chi connectivity index (χ0) is 13.1. The molecule has 1 rings (SSSR count). The molecule has 0 saturated heterocycles. The molecule has 6 heteroatoms. The third-order valence-corrected chi connectivity index (χ3v) is 4.51. The lowest BCUT2D eigenvalue weighted by Gasteiger charge is -2.13.